The number of carbonyl (C=O) groups is 2. The lowest BCUT2D eigenvalue weighted by Gasteiger charge is -2.42. The molecule has 6 atom stereocenters. The van der Waals surface area contributed by atoms with E-state index < -0.39 is 5.63 Å². The van der Waals surface area contributed by atoms with Gasteiger partial charge in [-0.15, -0.1) is 0 Å². The zero-order valence-corrected chi connectivity index (χ0v) is 14.5. The fourth-order valence-electron chi connectivity index (χ4n) is 6.25. The van der Waals surface area contributed by atoms with E-state index in [1.165, 1.54) is 17.4 Å². The van der Waals surface area contributed by atoms with Crippen molar-refractivity contribution in [3.8, 4) is 0 Å². The number of imide groups is 1. The Labute approximate surface area is 150 Å². The predicted octanol–water partition coefficient (Wildman–Crippen LogP) is 2.88. The molecule has 2 bridgehead atoms. The summed E-state index contributed by atoms with van der Waals surface area (Å²) in [5.74, 6) is 1.75. The molecule has 2 heterocycles. The van der Waals surface area contributed by atoms with Gasteiger partial charge in [0.15, 0.2) is 0 Å². The van der Waals surface area contributed by atoms with Crippen LogP contribution in [0.5, 0.6) is 0 Å². The number of anilines is 1. The van der Waals surface area contributed by atoms with Gasteiger partial charge in [0.25, 0.3) is 0 Å². The van der Waals surface area contributed by atoms with E-state index in [1.54, 1.807) is 12.1 Å². The quantitative estimate of drug-likeness (QED) is 0.586. The summed E-state index contributed by atoms with van der Waals surface area (Å²) in [5, 5.41) is 0.825. The van der Waals surface area contributed by atoms with Crippen molar-refractivity contribution < 1.29 is 14.0 Å². The fraction of sp³-hybridized carbons (Fsp3) is 0.476. The Hall–Kier alpha value is -2.43. The number of amides is 2. The Morgan fingerprint density at radius 1 is 0.923 bits per heavy atom. The largest absolute Gasteiger partial charge is 0.423 e. The van der Waals surface area contributed by atoms with Crippen molar-refractivity contribution in [2.24, 2.45) is 35.5 Å². The third-order valence-electron chi connectivity index (χ3n) is 7.34. The molecule has 0 radical (unpaired) electrons. The van der Waals surface area contributed by atoms with Gasteiger partial charge in [0.1, 0.15) is 5.58 Å². The van der Waals surface area contributed by atoms with E-state index in [0.717, 1.165) is 23.8 Å². The van der Waals surface area contributed by atoms with E-state index in [2.05, 4.69) is 0 Å². The molecule has 2 aromatic rings. The molecule has 5 heteroatoms. The van der Waals surface area contributed by atoms with Crippen molar-refractivity contribution in [3.05, 3.63) is 40.2 Å². The van der Waals surface area contributed by atoms with Crippen LogP contribution in [0.15, 0.2) is 33.5 Å². The third kappa shape index (κ3) is 1.69. The maximum atomic E-state index is 13.2. The summed E-state index contributed by atoms with van der Waals surface area (Å²) in [5.41, 5.74) is 1.37. The number of aryl methyl sites for hydroxylation is 1. The first-order valence-corrected chi connectivity index (χ1v) is 9.47. The summed E-state index contributed by atoms with van der Waals surface area (Å²) >= 11 is 0. The van der Waals surface area contributed by atoms with Gasteiger partial charge in [-0.3, -0.25) is 9.59 Å². The highest BCUT2D eigenvalue weighted by molar-refractivity contribution is 6.22. The highest BCUT2D eigenvalue weighted by Gasteiger charge is 2.68. The van der Waals surface area contributed by atoms with Crippen LogP contribution in [-0.4, -0.2) is 11.8 Å². The first kappa shape index (κ1) is 14.7. The van der Waals surface area contributed by atoms with E-state index >= 15 is 0 Å². The molecule has 5 fully saturated rings. The van der Waals surface area contributed by atoms with Crippen molar-refractivity contribution in [1.29, 1.82) is 0 Å². The number of hydrogen-bond acceptors (Lipinski definition) is 4. The summed E-state index contributed by atoms with van der Waals surface area (Å²) in [7, 11) is 0. The van der Waals surface area contributed by atoms with Crippen molar-refractivity contribution in [3.63, 3.8) is 0 Å². The average molecular weight is 349 g/mol. The first-order valence-electron chi connectivity index (χ1n) is 9.47. The molecule has 5 nitrogen and oxygen atoms in total. The minimum absolute atomic E-state index is 0.0469. The molecule has 0 N–H and O–H groups in total. The fourth-order valence-corrected chi connectivity index (χ4v) is 6.25. The molecule has 1 aromatic heterocycles. The standard InChI is InChI=1S/C21H19NO4/c1-9-6-17(23)26-16-7-10(2-3-11(9)16)22-20(24)18-12-4-5-13(15-8-14(12)15)19(18)21(22)25/h2-3,6-7,12-15,18-19H,4-5,8H2,1H3/t12-,13+,14+,15-,18-,19+. The summed E-state index contributed by atoms with van der Waals surface area (Å²) in [6.07, 6.45) is 3.39. The molecule has 5 aliphatic rings. The van der Waals surface area contributed by atoms with E-state index in [4.69, 9.17) is 4.42 Å². The third-order valence-corrected chi connectivity index (χ3v) is 7.34. The zero-order chi connectivity index (χ0) is 17.7. The van der Waals surface area contributed by atoms with E-state index in [1.807, 2.05) is 13.0 Å². The lowest BCUT2D eigenvalue weighted by Crippen LogP contribution is -2.43. The van der Waals surface area contributed by atoms with Gasteiger partial charge in [-0.05, 0) is 67.6 Å². The summed E-state index contributed by atoms with van der Waals surface area (Å²) in [6, 6.07) is 6.74. The first-order chi connectivity index (χ1) is 12.5. The lowest BCUT2D eigenvalue weighted by molar-refractivity contribution is -0.129. The van der Waals surface area contributed by atoms with E-state index in [0.29, 0.717) is 34.9 Å². The van der Waals surface area contributed by atoms with Gasteiger partial charge in [0.2, 0.25) is 11.8 Å². The maximum absolute atomic E-state index is 13.2. The molecular weight excluding hydrogens is 330 g/mol. The molecule has 2 amide bonds. The van der Waals surface area contributed by atoms with Gasteiger partial charge in [-0.2, -0.15) is 0 Å². The number of hydrogen-bond donors (Lipinski definition) is 0. The lowest BCUT2D eigenvalue weighted by atomic mass is 9.59. The van der Waals surface area contributed by atoms with Crippen LogP contribution in [0.1, 0.15) is 24.8 Å². The number of rotatable bonds is 1. The SMILES string of the molecule is Cc1cc(=O)oc2cc(N3C(=O)[C@@H]4[C@@H]5CC[C@@H]([C@H]6C[C@H]65)[C@@H]4C3=O)ccc12. The molecule has 132 valence electrons. The monoisotopic (exact) mass is 349 g/mol. The second-order valence-corrected chi connectivity index (χ2v) is 8.46. The van der Waals surface area contributed by atoms with Gasteiger partial charge in [-0.25, -0.2) is 9.69 Å². The van der Waals surface area contributed by atoms with Crippen molar-refractivity contribution in [2.45, 2.75) is 26.2 Å². The molecule has 4 saturated carbocycles. The Balaban J connectivity index is 1.46. The van der Waals surface area contributed by atoms with Crippen LogP contribution >= 0.6 is 0 Å². The molecule has 0 unspecified atom stereocenters. The summed E-state index contributed by atoms with van der Waals surface area (Å²) in [6.45, 7) is 1.85. The Bertz CT molecular complexity index is 1020. The van der Waals surface area contributed by atoms with Crippen molar-refractivity contribution in [2.75, 3.05) is 4.90 Å². The highest BCUT2D eigenvalue weighted by Crippen LogP contribution is 2.68. The van der Waals surface area contributed by atoms with Gasteiger partial charge in [0, 0.05) is 17.5 Å². The molecule has 0 spiro atoms. The second-order valence-electron chi connectivity index (χ2n) is 8.46. The summed E-state index contributed by atoms with van der Waals surface area (Å²) < 4.78 is 5.31. The Morgan fingerprint density at radius 3 is 2.23 bits per heavy atom. The topological polar surface area (TPSA) is 67.6 Å². The van der Waals surface area contributed by atoms with E-state index in [9.17, 15) is 14.4 Å². The van der Waals surface area contributed by atoms with Crippen molar-refractivity contribution in [1.82, 2.24) is 0 Å². The molecule has 1 aromatic carbocycles. The molecule has 26 heavy (non-hydrogen) atoms. The maximum Gasteiger partial charge on any atom is 0.336 e. The van der Waals surface area contributed by atoms with Crippen LogP contribution in [0.2, 0.25) is 0 Å². The van der Waals surface area contributed by atoms with Crippen LogP contribution in [0.3, 0.4) is 0 Å². The zero-order valence-electron chi connectivity index (χ0n) is 14.5. The van der Waals surface area contributed by atoms with Crippen LogP contribution < -0.4 is 10.5 Å². The number of benzene rings is 1. The van der Waals surface area contributed by atoms with Crippen LogP contribution in [-0.2, 0) is 9.59 Å². The number of fused-ring (bicyclic) bond motifs is 2. The average Bonchev–Trinajstić information content (AvgIpc) is 3.38. The van der Waals surface area contributed by atoms with Crippen LogP contribution in [0.25, 0.3) is 11.0 Å². The van der Waals surface area contributed by atoms with Gasteiger partial charge >= 0.3 is 5.63 Å². The van der Waals surface area contributed by atoms with Crippen molar-refractivity contribution >= 4 is 28.5 Å². The smallest absolute Gasteiger partial charge is 0.336 e. The molecule has 1 saturated heterocycles. The van der Waals surface area contributed by atoms with Crippen LogP contribution in [0.4, 0.5) is 5.69 Å². The molecule has 1 aliphatic heterocycles. The Kier molecular flexibility index (Phi) is 2.63. The molecular formula is C21H19NO4. The van der Waals surface area contributed by atoms with Crippen LogP contribution in [0, 0.1) is 42.4 Å². The number of nitrogens with zero attached hydrogens (tertiary/aromatic N) is 1. The number of carbonyl (C=O) groups excluding carboxylic acids is 2. The van der Waals surface area contributed by atoms with Gasteiger partial charge < -0.3 is 4.42 Å². The van der Waals surface area contributed by atoms with Gasteiger partial charge in [0.05, 0.1) is 17.5 Å². The normalized spacial score (nSPS) is 37.2. The molecule has 4 aliphatic carbocycles. The minimum Gasteiger partial charge on any atom is -0.423 e. The van der Waals surface area contributed by atoms with Gasteiger partial charge in [-0.1, -0.05) is 0 Å². The second kappa shape index (κ2) is 4.64. The Morgan fingerprint density at radius 2 is 1.58 bits per heavy atom. The predicted molar refractivity (Wildman–Crippen MR) is 94.5 cm³/mol. The summed E-state index contributed by atoms with van der Waals surface area (Å²) in [4.78, 5) is 39.4. The van der Waals surface area contributed by atoms with E-state index in [-0.39, 0.29) is 23.7 Å². The minimum atomic E-state index is -0.418. The highest BCUT2D eigenvalue weighted by atomic mass is 16.4. The molecule has 7 rings (SSSR count).